The number of pyridine rings is 1. The van der Waals surface area contributed by atoms with Crippen molar-refractivity contribution < 1.29 is 56.8 Å². The molecule has 2 unspecified atom stereocenters. The Balaban J connectivity index is 0.000000606. The van der Waals surface area contributed by atoms with Gasteiger partial charge in [0.15, 0.2) is 29.4 Å². The minimum Gasteiger partial charge on any atom is -0.479 e. The first kappa shape index (κ1) is 45.0. The number of fused-ring (bicyclic) bond motifs is 1. The molecule has 0 saturated carbocycles. The summed E-state index contributed by atoms with van der Waals surface area (Å²) in [6, 6.07) is 19.6. The van der Waals surface area contributed by atoms with Crippen LogP contribution in [0.15, 0.2) is 89.9 Å². The van der Waals surface area contributed by atoms with Gasteiger partial charge in [-0.2, -0.15) is 18.2 Å². The average Bonchev–Trinajstić information content (AvgIpc) is 3.24. The number of aliphatic hydroxyl groups excluding tert-OH is 2. The zero-order valence-corrected chi connectivity index (χ0v) is 32.2. The van der Waals surface area contributed by atoms with Crippen molar-refractivity contribution in [2.24, 2.45) is 0 Å². The van der Waals surface area contributed by atoms with Gasteiger partial charge in [-0.3, -0.25) is 9.59 Å². The number of carbonyl (C=O) groups excluding carboxylic acids is 1. The van der Waals surface area contributed by atoms with E-state index in [2.05, 4.69) is 21.8 Å². The summed E-state index contributed by atoms with van der Waals surface area (Å²) < 4.78 is 69.3. The standard InChI is InChI=1S/C38H36F5N5O2.C4H6O6/c1-2-46-21-18-30(19-22-46)47(23-25-8-10-26(11-9-25)27-12-15-29(16-13-27)38(41,42)43)34(49)24-48-32-7-4-20-44-36(32)37(50)45-33(48)17-14-28-5-3-6-31(39)35(28)40;5-1(3(7)8)2(6)4(9)10/h3-13,15-16,20,30H,2,14,17-19,21-24H2,1H3;1-2,5-6H,(H,7,8)(H,9,10). The van der Waals surface area contributed by atoms with Gasteiger partial charge in [0.05, 0.1) is 11.1 Å². The van der Waals surface area contributed by atoms with Crippen LogP contribution in [0.4, 0.5) is 22.0 Å². The van der Waals surface area contributed by atoms with Crippen molar-refractivity contribution in [2.45, 2.75) is 70.1 Å². The maximum Gasteiger partial charge on any atom is 0.416 e. The number of nitrogens with zero attached hydrogens (tertiary/aromatic N) is 5. The van der Waals surface area contributed by atoms with Crippen molar-refractivity contribution in [2.75, 3.05) is 19.6 Å². The summed E-state index contributed by atoms with van der Waals surface area (Å²) in [5.74, 6) is -5.42. The zero-order chi connectivity index (χ0) is 43.7. The number of carboxylic acid groups (broad SMARTS) is 2. The molecule has 1 amide bonds. The van der Waals surface area contributed by atoms with E-state index in [9.17, 15) is 41.1 Å². The van der Waals surface area contributed by atoms with Crippen LogP contribution in [-0.4, -0.2) is 100 Å². The number of aliphatic hydroxyl groups is 2. The van der Waals surface area contributed by atoms with E-state index in [1.807, 2.05) is 29.2 Å². The molecule has 3 heterocycles. The van der Waals surface area contributed by atoms with Gasteiger partial charge >= 0.3 is 18.1 Å². The molecular formula is C42H42F5N5O8. The second-order valence-corrected chi connectivity index (χ2v) is 14.0. The maximum atomic E-state index is 14.5. The lowest BCUT2D eigenvalue weighted by molar-refractivity contribution is -0.165. The lowest BCUT2D eigenvalue weighted by Gasteiger charge is -2.38. The normalized spacial score (nSPS) is 14.5. The summed E-state index contributed by atoms with van der Waals surface area (Å²) in [4.78, 5) is 59.5. The van der Waals surface area contributed by atoms with Gasteiger partial charge in [-0.15, -0.1) is 0 Å². The summed E-state index contributed by atoms with van der Waals surface area (Å²) in [5, 5.41) is 32.5. The smallest absolute Gasteiger partial charge is 0.416 e. The highest BCUT2D eigenvalue weighted by atomic mass is 19.4. The number of aromatic nitrogens is 3. The van der Waals surface area contributed by atoms with Gasteiger partial charge < -0.3 is 34.8 Å². The molecule has 2 aromatic heterocycles. The number of piperidine rings is 1. The number of alkyl halides is 3. The molecule has 0 spiro atoms. The van der Waals surface area contributed by atoms with Crippen molar-refractivity contribution in [3.8, 4) is 11.1 Å². The van der Waals surface area contributed by atoms with E-state index in [1.165, 1.54) is 30.5 Å². The molecular weight excluding hydrogens is 797 g/mol. The molecule has 2 atom stereocenters. The predicted octanol–water partition coefficient (Wildman–Crippen LogP) is 4.93. The third-order valence-electron chi connectivity index (χ3n) is 10.2. The van der Waals surface area contributed by atoms with E-state index in [0.717, 1.165) is 61.8 Å². The van der Waals surface area contributed by atoms with Crippen molar-refractivity contribution in [3.05, 3.63) is 130 Å². The largest absolute Gasteiger partial charge is 0.479 e. The van der Waals surface area contributed by atoms with Crippen molar-refractivity contribution in [1.29, 1.82) is 0 Å². The van der Waals surface area contributed by atoms with Gasteiger partial charge in [0.25, 0.3) is 5.56 Å². The number of carbonyl (C=O) groups is 3. The second kappa shape index (κ2) is 19.8. The fourth-order valence-electron chi connectivity index (χ4n) is 6.82. The number of aliphatic carboxylic acids is 2. The van der Waals surface area contributed by atoms with Crippen LogP contribution in [0.1, 0.15) is 42.3 Å². The van der Waals surface area contributed by atoms with Crippen LogP contribution >= 0.6 is 0 Å². The predicted molar refractivity (Wildman–Crippen MR) is 207 cm³/mol. The SMILES string of the molecule is CCN1CCC(N(Cc2ccc(-c3ccc(C(F)(F)F)cc3)cc2)C(=O)Cn2c(CCc3cccc(F)c3F)nc(=O)c3ncccc32)CC1.O=C(O)C(O)C(O)C(=O)O. The highest BCUT2D eigenvalue weighted by molar-refractivity contribution is 5.83. The molecule has 0 aliphatic carbocycles. The molecule has 4 N–H and O–H groups in total. The minimum absolute atomic E-state index is 0.0560. The van der Waals surface area contributed by atoms with Crippen molar-refractivity contribution >= 4 is 28.9 Å². The van der Waals surface area contributed by atoms with Gasteiger partial charge in [0.1, 0.15) is 12.4 Å². The van der Waals surface area contributed by atoms with E-state index < -0.39 is 53.1 Å². The number of rotatable bonds is 13. The third kappa shape index (κ3) is 11.1. The highest BCUT2D eigenvalue weighted by Crippen LogP contribution is 2.31. The minimum atomic E-state index is -4.42. The number of amides is 1. The number of likely N-dealkylation sites (tertiary alicyclic amines) is 1. The van der Waals surface area contributed by atoms with Gasteiger partial charge in [-0.25, -0.2) is 23.4 Å². The lowest BCUT2D eigenvalue weighted by atomic mass is 10.00. The van der Waals surface area contributed by atoms with Crippen LogP contribution in [0.2, 0.25) is 0 Å². The van der Waals surface area contributed by atoms with Crippen LogP contribution in [-0.2, 0) is 46.5 Å². The average molecular weight is 840 g/mol. The molecule has 18 heteroatoms. The Bertz CT molecular complexity index is 2330. The van der Waals surface area contributed by atoms with Crippen LogP contribution in [0.5, 0.6) is 0 Å². The van der Waals surface area contributed by atoms with E-state index in [4.69, 9.17) is 20.4 Å². The Morgan fingerprint density at radius 2 is 1.45 bits per heavy atom. The highest BCUT2D eigenvalue weighted by Gasteiger charge is 2.31. The third-order valence-corrected chi connectivity index (χ3v) is 10.2. The fourth-order valence-corrected chi connectivity index (χ4v) is 6.82. The number of hydrogen-bond acceptors (Lipinski definition) is 9. The molecule has 0 bridgehead atoms. The number of benzene rings is 3. The Labute approximate surface area is 340 Å². The molecule has 318 valence electrons. The molecule has 1 fully saturated rings. The topological polar surface area (TPSA) is 186 Å². The molecule has 1 aliphatic heterocycles. The summed E-state index contributed by atoms with van der Waals surface area (Å²) in [7, 11) is 0. The van der Waals surface area contributed by atoms with E-state index in [-0.39, 0.29) is 54.8 Å². The number of halogens is 5. The molecule has 3 aromatic carbocycles. The molecule has 5 aromatic rings. The Kier molecular flexibility index (Phi) is 14.8. The molecule has 0 radical (unpaired) electrons. The van der Waals surface area contributed by atoms with Gasteiger partial charge in [-0.1, -0.05) is 55.5 Å². The quantitative estimate of drug-likeness (QED) is 0.118. The fraction of sp³-hybridized carbons (Fsp3) is 0.333. The van der Waals surface area contributed by atoms with Gasteiger partial charge in [0.2, 0.25) is 5.91 Å². The van der Waals surface area contributed by atoms with Gasteiger partial charge in [-0.05, 0) is 78.4 Å². The first-order valence-electron chi connectivity index (χ1n) is 18.9. The van der Waals surface area contributed by atoms with Crippen LogP contribution < -0.4 is 5.56 Å². The Hall–Kier alpha value is -6.11. The van der Waals surface area contributed by atoms with Crippen LogP contribution in [0.25, 0.3) is 22.2 Å². The zero-order valence-electron chi connectivity index (χ0n) is 32.2. The van der Waals surface area contributed by atoms with Gasteiger partial charge in [0, 0.05) is 38.3 Å². The number of aryl methyl sites for hydroxylation is 2. The van der Waals surface area contributed by atoms with Crippen molar-refractivity contribution in [3.63, 3.8) is 0 Å². The summed E-state index contributed by atoms with van der Waals surface area (Å²) in [6.45, 7) is 4.79. The molecule has 13 nitrogen and oxygen atoms in total. The monoisotopic (exact) mass is 839 g/mol. The molecule has 1 aliphatic rings. The Morgan fingerprint density at radius 1 is 0.850 bits per heavy atom. The number of carboxylic acids is 2. The molecule has 1 saturated heterocycles. The first-order valence-corrected chi connectivity index (χ1v) is 18.9. The van der Waals surface area contributed by atoms with Crippen LogP contribution in [0.3, 0.4) is 0 Å². The van der Waals surface area contributed by atoms with Crippen LogP contribution in [0, 0.1) is 11.6 Å². The summed E-state index contributed by atoms with van der Waals surface area (Å²) >= 11 is 0. The lowest BCUT2D eigenvalue weighted by Crippen LogP contribution is -2.48. The first-order chi connectivity index (χ1) is 28.5. The maximum absolute atomic E-state index is 14.5. The molecule has 60 heavy (non-hydrogen) atoms. The van der Waals surface area contributed by atoms with Crippen molar-refractivity contribution in [1.82, 2.24) is 24.3 Å². The van der Waals surface area contributed by atoms with E-state index in [1.54, 1.807) is 16.7 Å². The Morgan fingerprint density at radius 3 is 2.02 bits per heavy atom. The molecule has 6 rings (SSSR count). The summed E-state index contributed by atoms with van der Waals surface area (Å²) in [5.41, 5.74) is 1.59. The second-order valence-electron chi connectivity index (χ2n) is 14.0. The van der Waals surface area contributed by atoms with E-state index in [0.29, 0.717) is 11.1 Å². The number of hydrogen-bond donors (Lipinski definition) is 4. The van der Waals surface area contributed by atoms with E-state index >= 15 is 0 Å². The summed E-state index contributed by atoms with van der Waals surface area (Å²) in [6.07, 6.45) is -5.82.